The highest BCUT2D eigenvalue weighted by Gasteiger charge is 2.13. The quantitative estimate of drug-likeness (QED) is 0.839. The second-order valence-electron chi connectivity index (χ2n) is 3.74. The molecule has 0 saturated heterocycles. The standard InChI is InChI=1S/C13H14ClNO/c14-11-5-3-10(4-6-11)12(7-9-16)13-2-1-8-15-13/h1-6,8,12,15-16H,7,9H2/t12-/m0/s1. The highest BCUT2D eigenvalue weighted by atomic mass is 35.5. The van der Waals surface area contributed by atoms with Gasteiger partial charge in [0.05, 0.1) is 0 Å². The maximum absolute atomic E-state index is 9.11. The highest BCUT2D eigenvalue weighted by Crippen LogP contribution is 2.27. The van der Waals surface area contributed by atoms with Gasteiger partial charge in [-0.1, -0.05) is 23.7 Å². The first kappa shape index (κ1) is 11.2. The van der Waals surface area contributed by atoms with Crippen LogP contribution >= 0.6 is 11.6 Å². The molecule has 1 heterocycles. The van der Waals surface area contributed by atoms with E-state index in [2.05, 4.69) is 4.98 Å². The van der Waals surface area contributed by atoms with Crippen molar-refractivity contribution in [2.45, 2.75) is 12.3 Å². The summed E-state index contributed by atoms with van der Waals surface area (Å²) in [6.45, 7) is 0.173. The van der Waals surface area contributed by atoms with Gasteiger partial charge in [-0.3, -0.25) is 0 Å². The molecule has 0 fully saturated rings. The predicted molar refractivity (Wildman–Crippen MR) is 65.8 cm³/mol. The zero-order valence-corrected chi connectivity index (χ0v) is 9.61. The van der Waals surface area contributed by atoms with Crippen molar-refractivity contribution in [3.63, 3.8) is 0 Å². The van der Waals surface area contributed by atoms with Gasteiger partial charge in [0, 0.05) is 29.4 Å². The maximum Gasteiger partial charge on any atom is 0.0440 e. The molecule has 1 aromatic carbocycles. The summed E-state index contributed by atoms with van der Waals surface area (Å²) in [5, 5.41) is 9.85. The van der Waals surface area contributed by atoms with E-state index in [0.717, 1.165) is 10.7 Å². The summed E-state index contributed by atoms with van der Waals surface area (Å²) in [5.74, 6) is 0.206. The highest BCUT2D eigenvalue weighted by molar-refractivity contribution is 6.30. The van der Waals surface area contributed by atoms with Gasteiger partial charge < -0.3 is 10.1 Å². The monoisotopic (exact) mass is 235 g/mol. The first-order chi connectivity index (χ1) is 7.81. The van der Waals surface area contributed by atoms with E-state index in [4.69, 9.17) is 16.7 Å². The van der Waals surface area contributed by atoms with Crippen LogP contribution < -0.4 is 0 Å². The third-order valence-corrected chi connectivity index (χ3v) is 2.94. The molecule has 2 N–H and O–H groups in total. The Morgan fingerprint density at radius 1 is 1.19 bits per heavy atom. The number of aromatic nitrogens is 1. The molecule has 1 atom stereocenters. The lowest BCUT2D eigenvalue weighted by molar-refractivity contribution is 0.281. The average Bonchev–Trinajstić information content (AvgIpc) is 2.81. The zero-order valence-electron chi connectivity index (χ0n) is 8.86. The Bertz CT molecular complexity index is 422. The van der Waals surface area contributed by atoms with E-state index in [1.807, 2.05) is 42.6 Å². The third-order valence-electron chi connectivity index (χ3n) is 2.69. The van der Waals surface area contributed by atoms with Gasteiger partial charge in [-0.2, -0.15) is 0 Å². The van der Waals surface area contributed by atoms with Gasteiger partial charge in [0.2, 0.25) is 0 Å². The number of aromatic amines is 1. The molecule has 16 heavy (non-hydrogen) atoms. The van der Waals surface area contributed by atoms with Crippen LogP contribution in [0.5, 0.6) is 0 Å². The number of nitrogens with one attached hydrogen (secondary N) is 1. The van der Waals surface area contributed by atoms with Crippen LogP contribution in [0, 0.1) is 0 Å². The summed E-state index contributed by atoms with van der Waals surface area (Å²) in [6, 6.07) is 11.8. The second-order valence-corrected chi connectivity index (χ2v) is 4.18. The van der Waals surface area contributed by atoms with E-state index >= 15 is 0 Å². The van der Waals surface area contributed by atoms with Crippen LogP contribution in [-0.2, 0) is 0 Å². The van der Waals surface area contributed by atoms with Crippen LogP contribution in [0.3, 0.4) is 0 Å². The molecule has 3 heteroatoms. The molecular weight excluding hydrogens is 222 g/mol. The summed E-state index contributed by atoms with van der Waals surface area (Å²) in [5.41, 5.74) is 2.29. The lowest BCUT2D eigenvalue weighted by atomic mass is 9.93. The van der Waals surface area contributed by atoms with Crippen LogP contribution in [-0.4, -0.2) is 16.7 Å². The summed E-state index contributed by atoms with van der Waals surface area (Å²) in [7, 11) is 0. The molecule has 0 unspecified atom stereocenters. The molecule has 0 radical (unpaired) electrons. The maximum atomic E-state index is 9.11. The molecular formula is C13H14ClNO. The number of hydrogen-bond donors (Lipinski definition) is 2. The number of rotatable bonds is 4. The summed E-state index contributed by atoms with van der Waals surface area (Å²) in [6.07, 6.45) is 2.61. The molecule has 2 rings (SSSR count). The Balaban J connectivity index is 2.29. The summed E-state index contributed by atoms with van der Waals surface area (Å²) in [4.78, 5) is 3.19. The molecule has 84 valence electrons. The zero-order chi connectivity index (χ0) is 11.4. The largest absolute Gasteiger partial charge is 0.396 e. The van der Waals surface area contributed by atoms with Gasteiger partial charge >= 0.3 is 0 Å². The smallest absolute Gasteiger partial charge is 0.0440 e. The SMILES string of the molecule is OCC[C@@H](c1ccc(Cl)cc1)c1ccc[nH]1. The molecule has 0 aliphatic rings. The molecule has 0 bridgehead atoms. The van der Waals surface area contributed by atoms with Gasteiger partial charge in [-0.15, -0.1) is 0 Å². The van der Waals surface area contributed by atoms with Crippen molar-refractivity contribution in [2.75, 3.05) is 6.61 Å². The first-order valence-corrected chi connectivity index (χ1v) is 5.68. The van der Waals surface area contributed by atoms with Crippen molar-refractivity contribution < 1.29 is 5.11 Å². The van der Waals surface area contributed by atoms with E-state index in [0.29, 0.717) is 6.42 Å². The van der Waals surface area contributed by atoms with Crippen LogP contribution in [0.25, 0.3) is 0 Å². The molecule has 2 nitrogen and oxygen atoms in total. The summed E-state index contributed by atoms with van der Waals surface area (Å²) >= 11 is 5.86. The molecule has 0 aliphatic carbocycles. The number of hydrogen-bond acceptors (Lipinski definition) is 1. The van der Waals surface area contributed by atoms with Crippen LogP contribution in [0.2, 0.25) is 5.02 Å². The van der Waals surface area contributed by atoms with Gasteiger partial charge in [0.15, 0.2) is 0 Å². The fraction of sp³-hybridized carbons (Fsp3) is 0.231. The number of benzene rings is 1. The number of halogens is 1. The Morgan fingerprint density at radius 3 is 2.50 bits per heavy atom. The lowest BCUT2D eigenvalue weighted by Gasteiger charge is -2.15. The van der Waals surface area contributed by atoms with Crippen molar-refractivity contribution in [2.24, 2.45) is 0 Å². The van der Waals surface area contributed by atoms with Crippen molar-refractivity contribution in [1.29, 1.82) is 0 Å². The lowest BCUT2D eigenvalue weighted by Crippen LogP contribution is -2.03. The van der Waals surface area contributed by atoms with E-state index < -0.39 is 0 Å². The number of H-pyrrole nitrogens is 1. The molecule has 0 spiro atoms. The fourth-order valence-corrected chi connectivity index (χ4v) is 2.01. The average molecular weight is 236 g/mol. The topological polar surface area (TPSA) is 36.0 Å². The van der Waals surface area contributed by atoms with Crippen molar-refractivity contribution in [3.05, 3.63) is 58.9 Å². The van der Waals surface area contributed by atoms with E-state index in [1.54, 1.807) is 0 Å². The Morgan fingerprint density at radius 2 is 1.94 bits per heavy atom. The number of aliphatic hydroxyl groups excluding tert-OH is 1. The van der Waals surface area contributed by atoms with Gasteiger partial charge in [-0.25, -0.2) is 0 Å². The molecule has 0 saturated carbocycles. The minimum atomic E-state index is 0.173. The van der Waals surface area contributed by atoms with Gasteiger partial charge in [0.1, 0.15) is 0 Å². The molecule has 0 aliphatic heterocycles. The van der Waals surface area contributed by atoms with Gasteiger partial charge in [-0.05, 0) is 36.2 Å². The van der Waals surface area contributed by atoms with E-state index in [1.165, 1.54) is 5.56 Å². The molecule has 2 aromatic rings. The van der Waals surface area contributed by atoms with Crippen LogP contribution in [0.1, 0.15) is 23.6 Å². The number of aliphatic hydroxyl groups is 1. The normalized spacial score (nSPS) is 12.6. The predicted octanol–water partition coefficient (Wildman–Crippen LogP) is 3.18. The van der Waals surface area contributed by atoms with Crippen molar-refractivity contribution >= 4 is 11.6 Å². The van der Waals surface area contributed by atoms with Gasteiger partial charge in [0.25, 0.3) is 0 Å². The van der Waals surface area contributed by atoms with Crippen molar-refractivity contribution in [1.82, 2.24) is 4.98 Å². The van der Waals surface area contributed by atoms with E-state index in [-0.39, 0.29) is 12.5 Å². The van der Waals surface area contributed by atoms with Crippen LogP contribution in [0.15, 0.2) is 42.6 Å². The third kappa shape index (κ3) is 2.46. The van der Waals surface area contributed by atoms with Crippen LogP contribution in [0.4, 0.5) is 0 Å². The Hall–Kier alpha value is -1.25. The first-order valence-electron chi connectivity index (χ1n) is 5.31. The molecule has 1 aromatic heterocycles. The minimum Gasteiger partial charge on any atom is -0.396 e. The second kappa shape index (κ2) is 5.19. The summed E-state index contributed by atoms with van der Waals surface area (Å²) < 4.78 is 0. The van der Waals surface area contributed by atoms with E-state index in [9.17, 15) is 0 Å². The molecule has 0 amide bonds. The Kier molecular flexibility index (Phi) is 3.65. The Labute approximate surface area is 99.9 Å². The fourth-order valence-electron chi connectivity index (χ4n) is 1.89. The minimum absolute atomic E-state index is 0.173. The van der Waals surface area contributed by atoms with Crippen molar-refractivity contribution in [3.8, 4) is 0 Å².